The molecule has 0 radical (unpaired) electrons. The van der Waals surface area contributed by atoms with Gasteiger partial charge in [-0.3, -0.25) is 9.88 Å². The number of aromatic nitrogens is 3. The summed E-state index contributed by atoms with van der Waals surface area (Å²) in [6, 6.07) is 5.59. The highest BCUT2D eigenvalue weighted by atomic mass is 19.3. The number of phenolic OH excluding ortho intramolecular Hbond substituents is 1. The molecule has 46 heavy (non-hydrogen) atoms. The zero-order chi connectivity index (χ0) is 32.4. The molecule has 0 amide bonds. The second-order valence-electron chi connectivity index (χ2n) is 13.1. The van der Waals surface area contributed by atoms with Gasteiger partial charge >= 0.3 is 6.01 Å². The first-order valence-corrected chi connectivity index (χ1v) is 15.7. The number of halogens is 4. The molecule has 2 atom stereocenters. The first-order chi connectivity index (χ1) is 22.0. The molecule has 1 unspecified atom stereocenters. The Bertz CT molecular complexity index is 1900. The zero-order valence-corrected chi connectivity index (χ0v) is 25.7. The van der Waals surface area contributed by atoms with E-state index >= 15 is 4.39 Å². The Morgan fingerprint density at radius 3 is 2.65 bits per heavy atom. The van der Waals surface area contributed by atoms with Crippen LogP contribution in [0.3, 0.4) is 0 Å². The lowest BCUT2D eigenvalue weighted by Crippen LogP contribution is -2.46. The molecule has 3 aliphatic heterocycles. The topological polar surface area (TPSA) is 94.8 Å². The summed E-state index contributed by atoms with van der Waals surface area (Å²) < 4.78 is 65.0. The minimum Gasteiger partial charge on any atom is -0.508 e. The van der Waals surface area contributed by atoms with E-state index in [4.69, 9.17) is 4.74 Å². The van der Waals surface area contributed by atoms with Crippen molar-refractivity contribution in [1.82, 2.24) is 19.9 Å². The summed E-state index contributed by atoms with van der Waals surface area (Å²) in [7, 11) is 0. The van der Waals surface area contributed by atoms with Gasteiger partial charge in [-0.2, -0.15) is 18.7 Å². The highest BCUT2D eigenvalue weighted by molar-refractivity contribution is 6.01. The Balaban J connectivity index is 1.37. The minimum atomic E-state index is -1.66. The van der Waals surface area contributed by atoms with Crippen molar-refractivity contribution in [1.29, 1.82) is 0 Å². The van der Waals surface area contributed by atoms with Gasteiger partial charge in [-0.05, 0) is 86.5 Å². The van der Waals surface area contributed by atoms with Crippen LogP contribution in [0.2, 0.25) is 0 Å². The zero-order valence-electron chi connectivity index (χ0n) is 25.7. The van der Waals surface area contributed by atoms with Crippen LogP contribution in [0, 0.1) is 11.6 Å². The lowest BCUT2D eigenvalue weighted by atomic mass is 9.94. The first-order valence-electron chi connectivity index (χ1n) is 15.7. The largest absolute Gasteiger partial charge is 0.508 e. The van der Waals surface area contributed by atoms with Crippen LogP contribution in [-0.2, 0) is 6.42 Å². The van der Waals surface area contributed by atoms with Gasteiger partial charge in [0.1, 0.15) is 35.2 Å². The van der Waals surface area contributed by atoms with Gasteiger partial charge in [-0.25, -0.2) is 8.78 Å². The molecule has 0 spiro atoms. The molecule has 0 aliphatic carbocycles. The molecular weight excluding hydrogens is 602 g/mol. The van der Waals surface area contributed by atoms with Crippen LogP contribution >= 0.6 is 0 Å². The Kier molecular flexibility index (Phi) is 7.55. The molecule has 3 fully saturated rings. The van der Waals surface area contributed by atoms with Gasteiger partial charge in [0.25, 0.3) is 6.08 Å². The van der Waals surface area contributed by atoms with E-state index in [9.17, 15) is 23.4 Å². The molecule has 3 saturated heterocycles. The molecule has 12 heteroatoms. The lowest BCUT2D eigenvalue weighted by molar-refractivity contribution is 0.0447. The fraction of sp³-hybridized carbons (Fsp3) is 0.441. The predicted molar refractivity (Wildman–Crippen MR) is 166 cm³/mol. The number of benzene rings is 2. The normalized spacial score (nSPS) is 23.5. The van der Waals surface area contributed by atoms with E-state index < -0.39 is 28.9 Å². The van der Waals surface area contributed by atoms with Crippen molar-refractivity contribution in [2.24, 2.45) is 0 Å². The average Bonchev–Trinajstić information content (AvgIpc) is 3.57. The molecule has 0 saturated carbocycles. The van der Waals surface area contributed by atoms with Crippen LogP contribution in [-0.4, -0.2) is 74.0 Å². The van der Waals surface area contributed by atoms with Crippen molar-refractivity contribution < 1.29 is 32.5 Å². The van der Waals surface area contributed by atoms with E-state index in [0.29, 0.717) is 66.3 Å². The van der Waals surface area contributed by atoms with Gasteiger partial charge in [-0.1, -0.05) is 13.0 Å². The molecule has 4 aromatic rings. The van der Waals surface area contributed by atoms with E-state index in [1.165, 1.54) is 30.5 Å². The molecule has 2 N–H and O–H groups in total. The minimum absolute atomic E-state index is 0.0440. The van der Waals surface area contributed by atoms with Gasteiger partial charge in [0.05, 0.1) is 16.5 Å². The van der Waals surface area contributed by atoms with Gasteiger partial charge in [0, 0.05) is 37.0 Å². The number of piperidine rings is 1. The molecule has 8 nitrogen and oxygen atoms in total. The highest BCUT2D eigenvalue weighted by Gasteiger charge is 2.48. The summed E-state index contributed by atoms with van der Waals surface area (Å²) >= 11 is 0. The van der Waals surface area contributed by atoms with Crippen molar-refractivity contribution in [2.45, 2.75) is 63.5 Å². The highest BCUT2D eigenvalue weighted by Crippen LogP contribution is 2.44. The number of fused-ring (bicyclic) bond motifs is 3. The molecule has 7 rings (SSSR count). The number of phenols is 1. The molecule has 0 bridgehead atoms. The Morgan fingerprint density at radius 2 is 1.89 bits per heavy atom. The molecule has 2 aromatic carbocycles. The Hall–Kier alpha value is -4.03. The van der Waals surface area contributed by atoms with Gasteiger partial charge in [0.2, 0.25) is 0 Å². The number of pyridine rings is 1. The van der Waals surface area contributed by atoms with Crippen LogP contribution < -0.4 is 9.64 Å². The summed E-state index contributed by atoms with van der Waals surface area (Å²) in [6.07, 6.45) is 3.07. The van der Waals surface area contributed by atoms with Crippen LogP contribution in [0.1, 0.15) is 51.5 Å². The summed E-state index contributed by atoms with van der Waals surface area (Å²) in [5.41, 5.74) is -1.17. The second-order valence-corrected chi connectivity index (χ2v) is 13.1. The van der Waals surface area contributed by atoms with Crippen molar-refractivity contribution in [3.05, 3.63) is 59.3 Å². The van der Waals surface area contributed by atoms with E-state index in [1.807, 2.05) is 9.80 Å². The van der Waals surface area contributed by atoms with Gasteiger partial charge < -0.3 is 19.8 Å². The standard InChI is InChI=1S/C34H35F4N5O3/c1-3-22-25(35)7-6-19-12-21(44)13-23(26(19)22)28-27(36)29-24(15-39-28)31(42-10-4-8-33(2,45)17-42)41-32(40-29)46-18-34-9-5-11-43(34)16-20(14-34)30(37)38/h6-7,12-13,15,44-45H,3-5,8-11,14,16-18H2,1-2H3/t33-,34?/m1/s1. The fourth-order valence-electron chi connectivity index (χ4n) is 7.61. The second kappa shape index (κ2) is 11.3. The SMILES string of the molecule is CCc1c(F)ccc2cc(O)cc(-c3ncc4c(N5CCC[C@@](C)(O)C5)nc(OCC56CCCN5CC(=C(F)F)C6)nc4c3F)c12. The van der Waals surface area contributed by atoms with Crippen LogP contribution in [0.5, 0.6) is 11.8 Å². The van der Waals surface area contributed by atoms with Crippen molar-refractivity contribution in [2.75, 3.05) is 37.7 Å². The monoisotopic (exact) mass is 637 g/mol. The van der Waals surface area contributed by atoms with Gasteiger partial charge in [0.15, 0.2) is 5.82 Å². The van der Waals surface area contributed by atoms with E-state index in [0.717, 1.165) is 6.42 Å². The van der Waals surface area contributed by atoms with Gasteiger partial charge in [-0.15, -0.1) is 0 Å². The number of aromatic hydroxyl groups is 1. The van der Waals surface area contributed by atoms with Crippen LogP contribution in [0.25, 0.3) is 32.9 Å². The maximum Gasteiger partial charge on any atom is 0.319 e. The maximum absolute atomic E-state index is 16.8. The Labute approximate surface area is 263 Å². The van der Waals surface area contributed by atoms with Crippen molar-refractivity contribution in [3.8, 4) is 23.0 Å². The number of aliphatic hydroxyl groups is 1. The third kappa shape index (κ3) is 5.21. The number of nitrogens with zero attached hydrogens (tertiary/aromatic N) is 5. The van der Waals surface area contributed by atoms with Crippen molar-refractivity contribution >= 4 is 27.5 Å². The fourth-order valence-corrected chi connectivity index (χ4v) is 7.61. The van der Waals surface area contributed by atoms with Crippen molar-refractivity contribution in [3.63, 3.8) is 0 Å². The third-order valence-corrected chi connectivity index (χ3v) is 9.78. The first kappa shape index (κ1) is 30.6. The predicted octanol–water partition coefficient (Wildman–Crippen LogP) is 6.51. The smallest absolute Gasteiger partial charge is 0.319 e. The van der Waals surface area contributed by atoms with E-state index in [2.05, 4.69) is 15.0 Å². The summed E-state index contributed by atoms with van der Waals surface area (Å²) in [4.78, 5) is 17.5. The average molecular weight is 638 g/mol. The number of rotatable bonds is 6. The summed E-state index contributed by atoms with van der Waals surface area (Å²) in [5, 5.41) is 22.7. The molecule has 5 heterocycles. The number of ether oxygens (including phenoxy) is 1. The molecule has 242 valence electrons. The number of anilines is 1. The van der Waals surface area contributed by atoms with E-state index in [-0.39, 0.29) is 60.2 Å². The number of aryl methyl sites for hydroxylation is 1. The lowest BCUT2D eigenvalue weighted by Gasteiger charge is -2.38. The number of hydrogen-bond acceptors (Lipinski definition) is 8. The molecule has 3 aliphatic rings. The number of hydrogen-bond donors (Lipinski definition) is 2. The summed E-state index contributed by atoms with van der Waals surface area (Å²) in [5.74, 6) is -1.05. The molecule has 2 aromatic heterocycles. The van der Waals surface area contributed by atoms with Crippen LogP contribution in [0.4, 0.5) is 23.4 Å². The summed E-state index contributed by atoms with van der Waals surface area (Å²) in [6.45, 7) is 5.21. The van der Waals surface area contributed by atoms with Crippen LogP contribution in [0.15, 0.2) is 42.1 Å². The Morgan fingerprint density at radius 1 is 1.09 bits per heavy atom. The molecular formula is C34H35F4N5O3. The maximum atomic E-state index is 16.8. The van der Waals surface area contributed by atoms with E-state index in [1.54, 1.807) is 13.8 Å². The third-order valence-electron chi connectivity index (χ3n) is 9.78. The quantitative estimate of drug-likeness (QED) is 0.231. The number of β-amino-alcohol motifs (C(OH)–C–C–N with tert-alkyl or cyclic N) is 1.